The number of hydrogen-bond acceptors (Lipinski definition) is 12. The van der Waals surface area contributed by atoms with Gasteiger partial charge < -0.3 is 37.9 Å². The van der Waals surface area contributed by atoms with E-state index in [0.717, 1.165) is 21.1 Å². The second-order valence-electron chi connectivity index (χ2n) is 17.2. The maximum Gasteiger partial charge on any atom is 0.494 e. The quantitative estimate of drug-likeness (QED) is 0.192. The zero-order valence-corrected chi connectivity index (χ0v) is 39.9. The van der Waals surface area contributed by atoms with Gasteiger partial charge in [0.1, 0.15) is 0 Å². The molecule has 2 aliphatic rings. The van der Waals surface area contributed by atoms with Gasteiger partial charge in [0, 0.05) is 31.8 Å². The number of sulfonamides is 2. The highest BCUT2D eigenvalue weighted by Crippen LogP contribution is 2.38. The third-order valence-corrected chi connectivity index (χ3v) is 13.8. The van der Waals surface area contributed by atoms with Crippen molar-refractivity contribution in [2.24, 2.45) is 0 Å². The molecule has 0 atom stereocenters. The molecule has 2 saturated heterocycles. The smallest absolute Gasteiger partial charge is 0.435 e. The molecule has 2 aliphatic heterocycles. The zero-order chi connectivity index (χ0) is 44.4. The van der Waals surface area contributed by atoms with Crippen molar-refractivity contribution in [1.82, 2.24) is 9.44 Å². The van der Waals surface area contributed by atoms with Crippen LogP contribution in [0.15, 0.2) is 53.0 Å². The average molecular weight is 918 g/mol. The van der Waals surface area contributed by atoms with Gasteiger partial charge in [-0.1, -0.05) is 52.3 Å². The Morgan fingerprint density at radius 1 is 0.707 bits per heavy atom. The van der Waals surface area contributed by atoms with Crippen molar-refractivity contribution in [3.05, 3.63) is 64.1 Å². The van der Waals surface area contributed by atoms with E-state index in [9.17, 15) is 21.9 Å². The molecule has 0 spiro atoms. The molecule has 0 bridgehead atoms. The standard InChI is InChI=1S/C16H26BNO5S.C12H25B2O4.C10H14BrNO3S/c1-15(2)16(3,4)23-17(22-15)14-8-6-7-13(11-14)12-18-24(19,20)10-9-21-5;1-9(2,15)10(3,4)16-13-14-17-11(5,6)12(7,8)18-14;1-15-5-6-16(13,14)12-8-9-3-2-4-10(11)7-9/h6-8,11,18H,9-10,12H2,1-5H3;15H,1-8H3;2-4,7,12H,5-6,8H2,1H3. The SMILES string of the molecule is CC(C)(O)C(C)(C)O[B]B1OC(C)(C)C(C)(C)O1.COCCS(=O)(=O)NCc1cccc(B2OC(C)(C)C(C)(C)O2)c1.COCCS(=O)(=O)NCc1cccc(Br)c1. The first-order valence-corrected chi connectivity index (χ1v) is 23.2. The van der Waals surface area contributed by atoms with Crippen molar-refractivity contribution in [3.63, 3.8) is 0 Å². The lowest BCUT2D eigenvalue weighted by molar-refractivity contribution is -0.0894. The van der Waals surface area contributed by atoms with Crippen LogP contribution in [0.4, 0.5) is 0 Å². The summed E-state index contributed by atoms with van der Waals surface area (Å²) >= 11 is 3.33. The van der Waals surface area contributed by atoms with Crippen LogP contribution < -0.4 is 14.9 Å². The van der Waals surface area contributed by atoms with E-state index in [2.05, 4.69) is 25.4 Å². The summed E-state index contributed by atoms with van der Waals surface area (Å²) in [5.74, 6) is -0.0715. The minimum Gasteiger partial charge on any atom is -0.435 e. The first-order chi connectivity index (χ1) is 26.4. The number of aliphatic hydroxyl groups is 1. The normalized spacial score (nSPS) is 18.6. The van der Waals surface area contributed by atoms with Gasteiger partial charge in [0.2, 0.25) is 20.0 Å². The molecule has 2 aromatic carbocycles. The van der Waals surface area contributed by atoms with Crippen molar-refractivity contribution in [2.45, 2.75) is 130 Å². The van der Waals surface area contributed by atoms with Crippen LogP contribution in [0.1, 0.15) is 94.2 Å². The van der Waals surface area contributed by atoms with Crippen molar-refractivity contribution < 1.29 is 54.7 Å². The fraction of sp³-hybridized carbons (Fsp3) is 0.684. The van der Waals surface area contributed by atoms with Gasteiger partial charge in [-0.3, -0.25) is 0 Å². The number of halogens is 1. The molecule has 3 N–H and O–H groups in total. The first kappa shape index (κ1) is 52.8. The molecule has 58 heavy (non-hydrogen) atoms. The predicted molar refractivity (Wildman–Crippen MR) is 235 cm³/mol. The Hall–Kier alpha value is -1.39. The number of rotatable bonds is 17. The molecule has 0 amide bonds. The van der Waals surface area contributed by atoms with E-state index in [-0.39, 0.29) is 42.5 Å². The molecule has 2 fully saturated rings. The van der Waals surface area contributed by atoms with Crippen LogP contribution in [0.25, 0.3) is 0 Å². The van der Waals surface area contributed by atoms with Crippen LogP contribution in [0, 0.1) is 0 Å². The molecule has 2 aromatic rings. The Balaban J connectivity index is 0.000000308. The van der Waals surface area contributed by atoms with Crippen molar-refractivity contribution in [3.8, 4) is 0 Å². The molecule has 20 heteroatoms. The second kappa shape index (κ2) is 21.1. The lowest BCUT2D eigenvalue weighted by atomic mass is 9.55. The Bertz CT molecular complexity index is 1790. The van der Waals surface area contributed by atoms with Crippen LogP contribution in [-0.2, 0) is 65.9 Å². The fourth-order valence-electron chi connectivity index (χ4n) is 4.71. The Kier molecular flexibility index (Phi) is 19.2. The third-order valence-electron chi connectivity index (χ3n) is 10.7. The second-order valence-corrected chi connectivity index (χ2v) is 21.9. The topological polar surface area (TPSA) is 177 Å². The van der Waals surface area contributed by atoms with Gasteiger partial charge in [0.05, 0.1) is 58.3 Å². The summed E-state index contributed by atoms with van der Waals surface area (Å²) in [6.07, 6.45) is 0. The number of hydrogen-bond donors (Lipinski definition) is 3. The first-order valence-electron chi connectivity index (χ1n) is 19.1. The highest BCUT2D eigenvalue weighted by atomic mass is 79.9. The molecule has 14 nitrogen and oxygen atoms in total. The van der Waals surface area contributed by atoms with Gasteiger partial charge in [0.15, 0.2) is 0 Å². The lowest BCUT2D eigenvalue weighted by Crippen LogP contribution is -2.50. The monoisotopic (exact) mass is 917 g/mol. The minimum absolute atomic E-state index is 0.0164. The van der Waals surface area contributed by atoms with Gasteiger partial charge >= 0.3 is 21.5 Å². The van der Waals surface area contributed by atoms with Crippen LogP contribution in [-0.4, -0.2) is 116 Å². The van der Waals surface area contributed by atoms with Gasteiger partial charge in [-0.05, 0) is 112 Å². The Morgan fingerprint density at radius 2 is 1.12 bits per heavy atom. The van der Waals surface area contributed by atoms with E-state index in [4.69, 9.17) is 32.7 Å². The summed E-state index contributed by atoms with van der Waals surface area (Å²) in [7, 11) is -3.09. The summed E-state index contributed by atoms with van der Waals surface area (Å²) in [4.78, 5) is 0. The van der Waals surface area contributed by atoms with E-state index in [1.807, 2.05) is 118 Å². The molecule has 0 aromatic heterocycles. The Labute approximate surface area is 358 Å². The molecule has 2 heterocycles. The van der Waals surface area contributed by atoms with E-state index in [1.165, 1.54) is 21.6 Å². The third kappa shape index (κ3) is 16.5. The molecule has 0 unspecified atom stereocenters. The maximum atomic E-state index is 11.8. The molecule has 4 rings (SSSR count). The van der Waals surface area contributed by atoms with Gasteiger partial charge in [-0.25, -0.2) is 26.3 Å². The van der Waals surface area contributed by atoms with Crippen molar-refractivity contribution in [1.29, 1.82) is 0 Å². The molecule has 1 radical (unpaired) electrons. The number of nitrogens with one attached hydrogen (secondary N) is 2. The molecule has 0 aliphatic carbocycles. The lowest BCUT2D eigenvalue weighted by Gasteiger charge is -2.37. The average Bonchev–Trinajstić information content (AvgIpc) is 3.46. The van der Waals surface area contributed by atoms with Crippen molar-refractivity contribution >= 4 is 62.9 Å². The van der Waals surface area contributed by atoms with E-state index in [0.29, 0.717) is 6.54 Å². The number of methoxy groups -OCH3 is 2. The van der Waals surface area contributed by atoms with Gasteiger partial charge in [0.25, 0.3) is 0 Å². The summed E-state index contributed by atoms with van der Waals surface area (Å²) in [5, 5.41) is 10.00. The van der Waals surface area contributed by atoms with Crippen molar-refractivity contribution in [2.75, 3.05) is 38.9 Å². The summed E-state index contributed by atoms with van der Waals surface area (Å²) in [6, 6.07) is 15.1. The number of ether oxygens (including phenoxy) is 2. The highest BCUT2D eigenvalue weighted by molar-refractivity contribution is 9.10. The fourth-order valence-corrected chi connectivity index (χ4v) is 6.99. The van der Waals surface area contributed by atoms with Gasteiger partial charge in [-0.15, -0.1) is 0 Å². The zero-order valence-electron chi connectivity index (χ0n) is 36.7. The van der Waals surface area contributed by atoms with Crippen LogP contribution in [0.3, 0.4) is 0 Å². The summed E-state index contributed by atoms with van der Waals surface area (Å²) in [6.45, 7) is 23.9. The Morgan fingerprint density at radius 3 is 1.53 bits per heavy atom. The van der Waals surface area contributed by atoms with E-state index in [1.54, 1.807) is 13.8 Å². The van der Waals surface area contributed by atoms with Gasteiger partial charge in [-0.2, -0.15) is 0 Å². The van der Waals surface area contributed by atoms with Crippen LogP contribution >= 0.6 is 15.9 Å². The number of benzene rings is 2. The van der Waals surface area contributed by atoms with E-state index < -0.39 is 56.6 Å². The molecule has 327 valence electrons. The van der Waals surface area contributed by atoms with E-state index >= 15 is 0 Å². The highest BCUT2D eigenvalue weighted by Gasteiger charge is 2.53. The molecule has 0 saturated carbocycles. The minimum atomic E-state index is -3.35. The summed E-state index contributed by atoms with van der Waals surface area (Å²) in [5.41, 5.74) is -0.595. The van der Waals surface area contributed by atoms with Crippen LogP contribution in [0.5, 0.6) is 0 Å². The largest absolute Gasteiger partial charge is 0.494 e. The summed E-state index contributed by atoms with van der Waals surface area (Å²) < 4.78 is 91.4. The van der Waals surface area contributed by atoms with Crippen LogP contribution in [0.2, 0.25) is 0 Å². The maximum absolute atomic E-state index is 11.8. The molecular formula is C38H65B3BrN2O12S2. The molecular weight excluding hydrogens is 853 g/mol. The predicted octanol–water partition coefficient (Wildman–Crippen LogP) is 4.33.